The molecule has 0 heterocycles. The summed E-state index contributed by atoms with van der Waals surface area (Å²) in [6.07, 6.45) is 0. The van der Waals surface area contributed by atoms with Crippen LogP contribution in [0.5, 0.6) is 0 Å². The van der Waals surface area contributed by atoms with E-state index in [1.165, 1.54) is 0 Å². The van der Waals surface area contributed by atoms with Crippen LogP contribution in [0, 0.1) is 6.92 Å². The molecule has 0 radical (unpaired) electrons. The van der Waals surface area contributed by atoms with Crippen molar-refractivity contribution >= 4 is 34.1 Å². The number of nitrogens with two attached hydrogens (primary N) is 1. The van der Waals surface area contributed by atoms with Crippen LogP contribution in [0.4, 0.5) is 5.69 Å². The number of hydrogen-bond acceptors (Lipinski definition) is 2. The summed E-state index contributed by atoms with van der Waals surface area (Å²) in [5, 5.41) is 0.793. The number of nitrogen functional groups attached to an aromatic ring is 1. The van der Waals surface area contributed by atoms with Crippen molar-refractivity contribution in [1.29, 1.82) is 0 Å². The Morgan fingerprint density at radius 1 is 1.38 bits per heavy atom. The highest BCUT2D eigenvalue weighted by molar-refractivity contribution is 9.10. The minimum Gasteiger partial charge on any atom is -0.398 e. The zero-order valence-electron chi connectivity index (χ0n) is 7.97. The second-order valence-electron chi connectivity index (χ2n) is 3.46. The molecule has 0 aliphatic carbocycles. The molecular weight excluding hydrogens is 249 g/mol. The van der Waals surface area contributed by atoms with Crippen molar-refractivity contribution in [3.63, 3.8) is 0 Å². The summed E-state index contributed by atoms with van der Waals surface area (Å²) in [5.74, 6) is 0. The first-order valence-electron chi connectivity index (χ1n) is 3.94. The van der Waals surface area contributed by atoms with Gasteiger partial charge < -0.3 is 10.3 Å². The lowest BCUT2D eigenvalue weighted by molar-refractivity contribution is 0.588. The normalized spacial score (nSPS) is 11.7. The van der Waals surface area contributed by atoms with Crippen LogP contribution in [-0.2, 0) is 4.57 Å². The average Bonchev–Trinajstić information content (AvgIpc) is 1.95. The predicted octanol–water partition coefficient (Wildman–Crippen LogP) is 2.59. The van der Waals surface area contributed by atoms with Crippen molar-refractivity contribution in [3.8, 4) is 0 Å². The van der Waals surface area contributed by atoms with Crippen LogP contribution >= 0.6 is 23.1 Å². The van der Waals surface area contributed by atoms with Gasteiger partial charge in [-0.1, -0.05) is 15.9 Å². The Labute approximate surface area is 87.0 Å². The predicted molar refractivity (Wildman–Crippen MR) is 62.4 cm³/mol. The first-order valence-corrected chi connectivity index (χ1v) is 7.33. The fourth-order valence-corrected chi connectivity index (χ4v) is 3.52. The molecule has 0 unspecified atom stereocenters. The summed E-state index contributed by atoms with van der Waals surface area (Å²) in [6, 6.07) is 3.66. The number of rotatable bonds is 1. The molecule has 13 heavy (non-hydrogen) atoms. The van der Waals surface area contributed by atoms with E-state index < -0.39 is 7.14 Å². The second kappa shape index (κ2) is 3.47. The summed E-state index contributed by atoms with van der Waals surface area (Å²) in [4.78, 5) is 0. The van der Waals surface area contributed by atoms with Gasteiger partial charge in [0.2, 0.25) is 0 Å². The average molecular weight is 262 g/mol. The van der Waals surface area contributed by atoms with E-state index >= 15 is 0 Å². The van der Waals surface area contributed by atoms with Gasteiger partial charge in [0.25, 0.3) is 0 Å². The van der Waals surface area contributed by atoms with Gasteiger partial charge in [-0.05, 0) is 37.9 Å². The van der Waals surface area contributed by atoms with Crippen LogP contribution in [-0.4, -0.2) is 13.3 Å². The maximum absolute atomic E-state index is 11.9. The first-order chi connectivity index (χ1) is 5.84. The van der Waals surface area contributed by atoms with Crippen molar-refractivity contribution in [2.75, 3.05) is 19.1 Å². The molecular formula is C9H13BrNOP. The van der Waals surface area contributed by atoms with Gasteiger partial charge in [0.1, 0.15) is 7.14 Å². The van der Waals surface area contributed by atoms with Gasteiger partial charge in [-0.15, -0.1) is 0 Å². The summed E-state index contributed by atoms with van der Waals surface area (Å²) in [5.41, 5.74) is 7.38. The van der Waals surface area contributed by atoms with Crippen molar-refractivity contribution < 1.29 is 4.57 Å². The van der Waals surface area contributed by atoms with E-state index in [1.54, 1.807) is 19.4 Å². The molecule has 0 aliphatic heterocycles. The van der Waals surface area contributed by atoms with Gasteiger partial charge >= 0.3 is 0 Å². The molecule has 0 saturated carbocycles. The topological polar surface area (TPSA) is 43.1 Å². The second-order valence-corrected chi connectivity index (χ2v) is 7.46. The Morgan fingerprint density at radius 2 is 1.92 bits per heavy atom. The molecule has 0 bridgehead atoms. The maximum Gasteiger partial charge on any atom is 0.112 e. The Bertz CT molecular complexity index is 383. The smallest absolute Gasteiger partial charge is 0.112 e. The molecule has 0 fully saturated rings. The molecule has 0 aromatic heterocycles. The van der Waals surface area contributed by atoms with Gasteiger partial charge in [-0.3, -0.25) is 0 Å². The Balaban J connectivity index is 3.52. The third-order valence-electron chi connectivity index (χ3n) is 1.93. The standard InChI is InChI=1S/C9H13BrNOP/c1-6-7(10)4-5-8(11)9(6)13(2,3)12/h4-5H,11H2,1-3H3. The lowest BCUT2D eigenvalue weighted by Gasteiger charge is -2.14. The van der Waals surface area contributed by atoms with Crippen molar-refractivity contribution in [2.24, 2.45) is 0 Å². The van der Waals surface area contributed by atoms with E-state index in [4.69, 9.17) is 5.73 Å². The Hall–Kier alpha value is -0.270. The quantitative estimate of drug-likeness (QED) is 0.624. The summed E-state index contributed by atoms with van der Waals surface area (Å²) >= 11 is 3.40. The maximum atomic E-state index is 11.9. The highest BCUT2D eigenvalue weighted by Crippen LogP contribution is 2.39. The SMILES string of the molecule is Cc1c(Br)ccc(N)c1P(C)(C)=O. The van der Waals surface area contributed by atoms with Gasteiger partial charge in [-0.25, -0.2) is 0 Å². The summed E-state index contributed by atoms with van der Waals surface area (Å²) < 4.78 is 12.9. The van der Waals surface area contributed by atoms with E-state index in [2.05, 4.69) is 15.9 Å². The van der Waals surface area contributed by atoms with E-state index in [0.717, 1.165) is 15.3 Å². The van der Waals surface area contributed by atoms with Crippen molar-refractivity contribution in [1.82, 2.24) is 0 Å². The van der Waals surface area contributed by atoms with Gasteiger partial charge in [0.15, 0.2) is 0 Å². The monoisotopic (exact) mass is 261 g/mol. The number of anilines is 1. The van der Waals surface area contributed by atoms with Crippen LogP contribution in [0.1, 0.15) is 5.56 Å². The van der Waals surface area contributed by atoms with E-state index in [0.29, 0.717) is 5.69 Å². The molecule has 1 rings (SSSR count). The highest BCUT2D eigenvalue weighted by Gasteiger charge is 2.18. The van der Waals surface area contributed by atoms with Crippen LogP contribution in [0.3, 0.4) is 0 Å². The number of hydrogen-bond donors (Lipinski definition) is 1. The zero-order valence-corrected chi connectivity index (χ0v) is 10.4. The summed E-state index contributed by atoms with van der Waals surface area (Å²) in [6.45, 7) is 5.39. The number of benzene rings is 1. The molecule has 2 nitrogen and oxygen atoms in total. The Morgan fingerprint density at radius 3 is 2.31 bits per heavy atom. The van der Waals surface area contributed by atoms with Crippen LogP contribution in [0.15, 0.2) is 16.6 Å². The van der Waals surface area contributed by atoms with E-state index in [1.807, 2.05) is 13.0 Å². The van der Waals surface area contributed by atoms with Gasteiger partial charge in [0.05, 0.1) is 0 Å². The van der Waals surface area contributed by atoms with E-state index in [-0.39, 0.29) is 0 Å². The lowest BCUT2D eigenvalue weighted by atomic mass is 10.2. The molecule has 0 aliphatic rings. The third-order valence-corrected chi connectivity index (χ3v) is 4.46. The minimum absolute atomic E-state index is 0.619. The molecule has 4 heteroatoms. The van der Waals surface area contributed by atoms with E-state index in [9.17, 15) is 4.57 Å². The lowest BCUT2D eigenvalue weighted by Crippen LogP contribution is -2.13. The Kier molecular flexibility index (Phi) is 2.88. The molecule has 0 spiro atoms. The molecule has 0 amide bonds. The fourth-order valence-electron chi connectivity index (χ4n) is 1.41. The first kappa shape index (κ1) is 10.8. The molecule has 2 N–H and O–H groups in total. The molecule has 0 atom stereocenters. The highest BCUT2D eigenvalue weighted by atomic mass is 79.9. The fraction of sp³-hybridized carbons (Fsp3) is 0.333. The van der Waals surface area contributed by atoms with Gasteiger partial charge in [0, 0.05) is 15.5 Å². The van der Waals surface area contributed by atoms with Crippen LogP contribution in [0.2, 0.25) is 0 Å². The van der Waals surface area contributed by atoms with Crippen molar-refractivity contribution in [3.05, 3.63) is 22.2 Å². The molecule has 0 saturated heterocycles. The van der Waals surface area contributed by atoms with Crippen LogP contribution in [0.25, 0.3) is 0 Å². The van der Waals surface area contributed by atoms with Crippen LogP contribution < -0.4 is 11.0 Å². The summed E-state index contributed by atoms with van der Waals surface area (Å²) in [7, 11) is -2.28. The van der Waals surface area contributed by atoms with Gasteiger partial charge in [-0.2, -0.15) is 0 Å². The largest absolute Gasteiger partial charge is 0.398 e. The number of halogens is 1. The zero-order chi connectivity index (χ0) is 10.2. The van der Waals surface area contributed by atoms with Crippen molar-refractivity contribution in [2.45, 2.75) is 6.92 Å². The molecule has 1 aromatic rings. The third kappa shape index (κ3) is 2.15. The molecule has 72 valence electrons. The minimum atomic E-state index is -2.28. The molecule has 1 aromatic carbocycles.